The maximum atomic E-state index is 13.4. The number of nitrogens with one attached hydrogen (secondary N) is 1. The number of hydrogen-bond acceptors (Lipinski definition) is 4. The number of carbonyl (C=O) groups excluding carboxylic acids is 1. The topological polar surface area (TPSA) is 90.4 Å². The van der Waals surface area contributed by atoms with Gasteiger partial charge in [0, 0.05) is 12.1 Å². The molecule has 112 valence electrons. The van der Waals surface area contributed by atoms with E-state index in [1.54, 1.807) is 13.8 Å². The zero-order valence-corrected chi connectivity index (χ0v) is 11.0. The van der Waals surface area contributed by atoms with Gasteiger partial charge in [0.1, 0.15) is 6.04 Å². The Balaban J connectivity index is 3.08. The minimum atomic E-state index is -3.17. The van der Waals surface area contributed by atoms with Crippen molar-refractivity contribution in [2.45, 2.75) is 26.5 Å². The summed E-state index contributed by atoms with van der Waals surface area (Å²) >= 11 is 0. The van der Waals surface area contributed by atoms with E-state index in [-0.39, 0.29) is 17.3 Å². The standard InChI is InChI=1S/C12H16F3N3O2/c1-5(2)10(11(17)19)18-8-4-9(20-12(14)15)6(13)3-7(8)16/h3-5,10,12,18H,16H2,1-2H3,(H2,17,19). The van der Waals surface area contributed by atoms with E-state index in [2.05, 4.69) is 10.1 Å². The van der Waals surface area contributed by atoms with Crippen molar-refractivity contribution in [3.63, 3.8) is 0 Å². The van der Waals surface area contributed by atoms with Gasteiger partial charge in [0.05, 0.1) is 11.4 Å². The molecule has 0 aliphatic heterocycles. The molecule has 0 saturated heterocycles. The first kappa shape index (κ1) is 15.9. The molecule has 0 fully saturated rings. The van der Waals surface area contributed by atoms with Gasteiger partial charge in [-0.25, -0.2) is 4.39 Å². The Morgan fingerprint density at radius 3 is 2.40 bits per heavy atom. The molecule has 0 aliphatic rings. The molecule has 1 unspecified atom stereocenters. The number of amides is 1. The monoisotopic (exact) mass is 291 g/mol. The predicted molar refractivity (Wildman–Crippen MR) is 68.9 cm³/mol. The molecule has 1 rings (SSSR count). The van der Waals surface area contributed by atoms with Crippen LogP contribution in [0, 0.1) is 11.7 Å². The van der Waals surface area contributed by atoms with Crippen LogP contribution < -0.4 is 21.5 Å². The Morgan fingerprint density at radius 1 is 1.35 bits per heavy atom. The lowest BCUT2D eigenvalue weighted by molar-refractivity contribution is -0.119. The number of halogens is 3. The number of rotatable bonds is 6. The molecule has 20 heavy (non-hydrogen) atoms. The second kappa shape index (κ2) is 6.36. The van der Waals surface area contributed by atoms with E-state index in [4.69, 9.17) is 11.5 Å². The van der Waals surface area contributed by atoms with Crippen LogP contribution in [0.5, 0.6) is 5.75 Å². The van der Waals surface area contributed by atoms with Gasteiger partial charge in [-0.2, -0.15) is 8.78 Å². The molecule has 5 N–H and O–H groups in total. The van der Waals surface area contributed by atoms with Crippen molar-refractivity contribution in [2.75, 3.05) is 11.1 Å². The van der Waals surface area contributed by atoms with Crippen LogP contribution in [-0.4, -0.2) is 18.6 Å². The molecule has 0 bridgehead atoms. The van der Waals surface area contributed by atoms with Gasteiger partial charge >= 0.3 is 6.61 Å². The molecule has 0 aliphatic carbocycles. The summed E-state index contributed by atoms with van der Waals surface area (Å²) in [6.45, 7) is 0.301. The van der Waals surface area contributed by atoms with E-state index < -0.39 is 30.1 Å². The average Bonchev–Trinajstić information content (AvgIpc) is 2.29. The number of alkyl halides is 2. The highest BCUT2D eigenvalue weighted by Gasteiger charge is 2.21. The van der Waals surface area contributed by atoms with Crippen molar-refractivity contribution in [3.8, 4) is 5.75 Å². The molecule has 1 atom stereocenters. The number of nitrogen functional groups attached to an aromatic ring is 1. The van der Waals surface area contributed by atoms with Crippen molar-refractivity contribution in [2.24, 2.45) is 11.7 Å². The van der Waals surface area contributed by atoms with Gasteiger partial charge < -0.3 is 21.5 Å². The molecule has 0 heterocycles. The SMILES string of the molecule is CC(C)C(Nc1cc(OC(F)F)c(F)cc1N)C(N)=O. The zero-order valence-electron chi connectivity index (χ0n) is 11.0. The Kier molecular flexibility index (Phi) is 5.06. The normalized spacial score (nSPS) is 12.6. The zero-order chi connectivity index (χ0) is 15.4. The number of anilines is 2. The second-order valence-electron chi connectivity index (χ2n) is 4.52. The van der Waals surface area contributed by atoms with Crippen LogP contribution in [0.3, 0.4) is 0 Å². The molecule has 5 nitrogen and oxygen atoms in total. The predicted octanol–water partition coefficient (Wildman–Crippen LogP) is 1.93. The number of ether oxygens (including phenoxy) is 1. The van der Waals surface area contributed by atoms with Gasteiger partial charge in [-0.05, 0) is 5.92 Å². The quantitative estimate of drug-likeness (QED) is 0.698. The van der Waals surface area contributed by atoms with Crippen molar-refractivity contribution in [1.82, 2.24) is 0 Å². The maximum Gasteiger partial charge on any atom is 0.387 e. The molecule has 0 spiro atoms. The van der Waals surface area contributed by atoms with Gasteiger partial charge in [-0.1, -0.05) is 13.8 Å². The molecule has 0 saturated carbocycles. The van der Waals surface area contributed by atoms with Crippen LogP contribution in [0.25, 0.3) is 0 Å². The third kappa shape index (κ3) is 3.94. The number of hydrogen-bond donors (Lipinski definition) is 3. The minimum Gasteiger partial charge on any atom is -0.432 e. The molecule has 1 aromatic rings. The summed E-state index contributed by atoms with van der Waals surface area (Å²) in [6, 6.07) is 1.02. The van der Waals surface area contributed by atoms with E-state index in [0.717, 1.165) is 12.1 Å². The third-order valence-corrected chi connectivity index (χ3v) is 2.60. The summed E-state index contributed by atoms with van der Waals surface area (Å²) in [7, 11) is 0. The Morgan fingerprint density at radius 2 is 1.95 bits per heavy atom. The van der Waals surface area contributed by atoms with Crippen LogP contribution in [0.4, 0.5) is 24.5 Å². The summed E-state index contributed by atoms with van der Waals surface area (Å²) in [4.78, 5) is 11.3. The highest BCUT2D eigenvalue weighted by Crippen LogP contribution is 2.30. The molecule has 8 heteroatoms. The average molecular weight is 291 g/mol. The van der Waals surface area contributed by atoms with Crippen molar-refractivity contribution < 1.29 is 22.7 Å². The molecule has 1 aromatic carbocycles. The molecule has 0 radical (unpaired) electrons. The number of nitrogens with two attached hydrogens (primary N) is 2. The van der Waals surface area contributed by atoms with E-state index in [1.165, 1.54) is 0 Å². The van der Waals surface area contributed by atoms with Crippen LogP contribution in [0.2, 0.25) is 0 Å². The van der Waals surface area contributed by atoms with E-state index >= 15 is 0 Å². The van der Waals surface area contributed by atoms with E-state index in [1.807, 2.05) is 0 Å². The van der Waals surface area contributed by atoms with Crippen LogP contribution >= 0.6 is 0 Å². The van der Waals surface area contributed by atoms with Crippen LogP contribution in [0.15, 0.2) is 12.1 Å². The Hall–Kier alpha value is -2.12. The van der Waals surface area contributed by atoms with Crippen LogP contribution in [-0.2, 0) is 4.79 Å². The first-order valence-corrected chi connectivity index (χ1v) is 5.82. The van der Waals surface area contributed by atoms with Gasteiger partial charge in [-0.3, -0.25) is 4.79 Å². The Labute approximate surface area is 114 Å². The summed E-state index contributed by atoms with van der Waals surface area (Å²) in [6.07, 6.45) is 0. The number of primary amides is 1. The van der Waals surface area contributed by atoms with Crippen molar-refractivity contribution in [1.29, 1.82) is 0 Å². The van der Waals surface area contributed by atoms with Crippen LogP contribution in [0.1, 0.15) is 13.8 Å². The first-order valence-electron chi connectivity index (χ1n) is 5.82. The third-order valence-electron chi connectivity index (χ3n) is 2.60. The van der Waals surface area contributed by atoms with Crippen molar-refractivity contribution in [3.05, 3.63) is 17.9 Å². The van der Waals surface area contributed by atoms with E-state index in [0.29, 0.717) is 0 Å². The highest BCUT2D eigenvalue weighted by molar-refractivity contribution is 5.85. The molecule has 1 amide bonds. The number of benzene rings is 1. The fourth-order valence-electron chi connectivity index (χ4n) is 1.61. The molecular formula is C12H16F3N3O2. The van der Waals surface area contributed by atoms with Gasteiger partial charge in [0.25, 0.3) is 0 Å². The molecule has 0 aromatic heterocycles. The first-order chi connectivity index (χ1) is 9.22. The fraction of sp³-hybridized carbons (Fsp3) is 0.417. The summed E-state index contributed by atoms with van der Waals surface area (Å²) in [5, 5.41) is 2.70. The lowest BCUT2D eigenvalue weighted by Gasteiger charge is -2.21. The molecular weight excluding hydrogens is 275 g/mol. The Bertz CT molecular complexity index is 495. The fourth-order valence-corrected chi connectivity index (χ4v) is 1.61. The van der Waals surface area contributed by atoms with Gasteiger partial charge in [0.2, 0.25) is 5.91 Å². The maximum absolute atomic E-state index is 13.4. The highest BCUT2D eigenvalue weighted by atomic mass is 19.3. The van der Waals surface area contributed by atoms with Crippen molar-refractivity contribution >= 4 is 17.3 Å². The lowest BCUT2D eigenvalue weighted by Crippen LogP contribution is -2.39. The van der Waals surface area contributed by atoms with E-state index in [9.17, 15) is 18.0 Å². The summed E-state index contributed by atoms with van der Waals surface area (Å²) in [5.41, 5.74) is 10.8. The lowest BCUT2D eigenvalue weighted by atomic mass is 10.0. The summed E-state index contributed by atoms with van der Waals surface area (Å²) in [5.74, 6) is -2.49. The summed E-state index contributed by atoms with van der Waals surface area (Å²) < 4.78 is 41.7. The minimum absolute atomic E-state index is 0.0454. The largest absolute Gasteiger partial charge is 0.432 e. The van der Waals surface area contributed by atoms with Gasteiger partial charge in [0.15, 0.2) is 11.6 Å². The smallest absolute Gasteiger partial charge is 0.387 e. The second-order valence-corrected chi connectivity index (χ2v) is 4.52. The van der Waals surface area contributed by atoms with Gasteiger partial charge in [-0.15, -0.1) is 0 Å². The number of carbonyl (C=O) groups is 1.